The van der Waals surface area contributed by atoms with E-state index in [9.17, 15) is 14.4 Å². The summed E-state index contributed by atoms with van der Waals surface area (Å²) in [4.78, 5) is 37.5. The van der Waals surface area contributed by atoms with Gasteiger partial charge in [0.15, 0.2) is 0 Å². The molecule has 0 aliphatic carbocycles. The molecule has 1 aliphatic heterocycles. The summed E-state index contributed by atoms with van der Waals surface area (Å²) in [6, 6.07) is 7.18. The molecule has 3 amide bonds. The van der Waals surface area contributed by atoms with E-state index in [1.165, 1.54) is 7.11 Å². The van der Waals surface area contributed by atoms with Crippen LogP contribution in [0.1, 0.15) is 12.0 Å². The van der Waals surface area contributed by atoms with Crippen LogP contribution in [0.2, 0.25) is 0 Å². The molecule has 1 N–H and O–H groups in total. The number of hydrogen-bond acceptors (Lipinski definition) is 6. The normalized spacial score (nSPS) is 15.8. The Bertz CT molecular complexity index is 689. The molecule has 0 radical (unpaired) electrons. The molecule has 0 bridgehead atoms. The lowest BCUT2D eigenvalue weighted by Gasteiger charge is -2.12. The van der Waals surface area contributed by atoms with Crippen molar-refractivity contribution < 1.29 is 23.9 Å². The van der Waals surface area contributed by atoms with Crippen LogP contribution >= 0.6 is 11.8 Å². The lowest BCUT2D eigenvalue weighted by Crippen LogP contribution is -2.39. The van der Waals surface area contributed by atoms with Crippen LogP contribution in [0.3, 0.4) is 0 Å². The van der Waals surface area contributed by atoms with E-state index in [-0.39, 0.29) is 17.4 Å². The molecule has 0 unspecified atom stereocenters. The fraction of sp³-hybridized carbons (Fsp3) is 0.353. The van der Waals surface area contributed by atoms with Gasteiger partial charge in [0.25, 0.3) is 11.1 Å². The van der Waals surface area contributed by atoms with Gasteiger partial charge in [-0.1, -0.05) is 18.2 Å². The van der Waals surface area contributed by atoms with Crippen molar-refractivity contribution in [1.29, 1.82) is 0 Å². The Balaban J connectivity index is 2.02. The first-order valence-electron chi connectivity index (χ1n) is 7.71. The number of nitrogens with one attached hydrogen (secondary N) is 1. The smallest absolute Gasteiger partial charge is 0.294 e. The first kappa shape index (κ1) is 19.0. The van der Waals surface area contributed by atoms with Crippen LogP contribution in [0.5, 0.6) is 5.75 Å². The minimum Gasteiger partial charge on any atom is -0.496 e. The predicted molar refractivity (Wildman–Crippen MR) is 95.2 cm³/mol. The number of amides is 3. The second-order valence-electron chi connectivity index (χ2n) is 5.21. The van der Waals surface area contributed by atoms with Gasteiger partial charge in [-0.05, 0) is 30.3 Å². The summed E-state index contributed by atoms with van der Waals surface area (Å²) in [7, 11) is 3.11. The van der Waals surface area contributed by atoms with E-state index in [0.717, 1.165) is 16.7 Å². The van der Waals surface area contributed by atoms with E-state index >= 15 is 0 Å². The molecule has 8 heteroatoms. The van der Waals surface area contributed by atoms with Crippen molar-refractivity contribution >= 4 is 34.9 Å². The van der Waals surface area contributed by atoms with Gasteiger partial charge in [0.2, 0.25) is 5.91 Å². The van der Waals surface area contributed by atoms with E-state index in [0.29, 0.717) is 30.9 Å². The van der Waals surface area contributed by atoms with E-state index in [4.69, 9.17) is 9.47 Å². The Morgan fingerprint density at radius 3 is 2.76 bits per heavy atom. The number of ether oxygens (including phenoxy) is 2. The second kappa shape index (κ2) is 9.24. The number of methoxy groups -OCH3 is 2. The second-order valence-corrected chi connectivity index (χ2v) is 6.20. The first-order valence-corrected chi connectivity index (χ1v) is 8.52. The molecular weight excluding hydrogens is 344 g/mol. The Kier molecular flexibility index (Phi) is 7.03. The SMILES string of the molecule is COCCCNC(=O)CN1C(=O)S/C(=C\c2ccccc2OC)C1=O. The summed E-state index contributed by atoms with van der Waals surface area (Å²) in [5.41, 5.74) is 0.694. The molecule has 1 saturated heterocycles. The van der Waals surface area contributed by atoms with Gasteiger partial charge in [0.05, 0.1) is 12.0 Å². The van der Waals surface area contributed by atoms with Gasteiger partial charge in [-0.3, -0.25) is 19.3 Å². The summed E-state index contributed by atoms with van der Waals surface area (Å²) >= 11 is 0.813. The van der Waals surface area contributed by atoms with Gasteiger partial charge in [0, 0.05) is 25.8 Å². The number of rotatable bonds is 8. The van der Waals surface area contributed by atoms with E-state index in [1.54, 1.807) is 25.3 Å². The molecule has 1 heterocycles. The topological polar surface area (TPSA) is 84.9 Å². The van der Waals surface area contributed by atoms with Gasteiger partial charge < -0.3 is 14.8 Å². The zero-order chi connectivity index (χ0) is 18.2. The molecule has 0 aromatic heterocycles. The van der Waals surface area contributed by atoms with Crippen molar-refractivity contribution in [3.63, 3.8) is 0 Å². The van der Waals surface area contributed by atoms with Crippen LogP contribution < -0.4 is 10.1 Å². The molecule has 2 rings (SSSR count). The number of hydrogen-bond donors (Lipinski definition) is 1. The molecule has 0 spiro atoms. The highest BCUT2D eigenvalue weighted by molar-refractivity contribution is 8.18. The van der Waals surface area contributed by atoms with Crippen LogP contribution in [0, 0.1) is 0 Å². The standard InChI is InChI=1S/C17H20N2O5S/c1-23-9-5-8-18-15(20)11-19-16(21)14(25-17(19)22)10-12-6-3-4-7-13(12)24-2/h3-4,6-7,10H,5,8-9,11H2,1-2H3,(H,18,20)/b14-10-. The van der Waals surface area contributed by atoms with Crippen molar-refractivity contribution in [1.82, 2.24) is 10.2 Å². The molecule has 134 valence electrons. The van der Waals surface area contributed by atoms with Crippen LogP contribution in [0.25, 0.3) is 6.08 Å². The summed E-state index contributed by atoms with van der Waals surface area (Å²) in [5.74, 6) is -0.255. The Hall–Kier alpha value is -2.32. The molecule has 25 heavy (non-hydrogen) atoms. The number of benzene rings is 1. The predicted octanol–water partition coefficient (Wildman–Crippen LogP) is 1.88. The molecule has 7 nitrogen and oxygen atoms in total. The number of nitrogens with zero attached hydrogens (tertiary/aromatic N) is 1. The van der Waals surface area contributed by atoms with Crippen LogP contribution in [-0.2, 0) is 14.3 Å². The minimum absolute atomic E-state index is 0.265. The van der Waals surface area contributed by atoms with Gasteiger partial charge in [-0.15, -0.1) is 0 Å². The highest BCUT2D eigenvalue weighted by Gasteiger charge is 2.36. The molecule has 0 atom stereocenters. The van der Waals surface area contributed by atoms with Crippen molar-refractivity contribution in [2.24, 2.45) is 0 Å². The monoisotopic (exact) mass is 364 g/mol. The number of carbonyl (C=O) groups is 3. The van der Waals surface area contributed by atoms with Crippen LogP contribution in [0.15, 0.2) is 29.2 Å². The maximum Gasteiger partial charge on any atom is 0.294 e. The van der Waals surface area contributed by atoms with Gasteiger partial charge in [-0.2, -0.15) is 0 Å². The largest absolute Gasteiger partial charge is 0.496 e. The maximum atomic E-state index is 12.4. The Labute approximate surface area is 150 Å². The lowest BCUT2D eigenvalue weighted by molar-refractivity contribution is -0.129. The zero-order valence-corrected chi connectivity index (χ0v) is 14.9. The summed E-state index contributed by atoms with van der Waals surface area (Å²) < 4.78 is 10.1. The maximum absolute atomic E-state index is 12.4. The van der Waals surface area contributed by atoms with Crippen LogP contribution in [0.4, 0.5) is 4.79 Å². The third kappa shape index (κ3) is 5.07. The third-order valence-electron chi connectivity index (χ3n) is 3.45. The third-order valence-corrected chi connectivity index (χ3v) is 4.36. The molecule has 0 saturated carbocycles. The number of imide groups is 1. The Morgan fingerprint density at radius 2 is 2.04 bits per heavy atom. The van der Waals surface area contributed by atoms with Crippen molar-refractivity contribution in [2.75, 3.05) is 33.9 Å². The van der Waals surface area contributed by atoms with E-state index < -0.39 is 11.1 Å². The minimum atomic E-state index is -0.479. The summed E-state index contributed by atoms with van der Waals surface area (Å²) in [6.07, 6.45) is 2.26. The average Bonchev–Trinajstić information content (AvgIpc) is 2.87. The zero-order valence-electron chi connectivity index (χ0n) is 14.1. The van der Waals surface area contributed by atoms with E-state index in [1.807, 2.05) is 12.1 Å². The van der Waals surface area contributed by atoms with Crippen molar-refractivity contribution in [2.45, 2.75) is 6.42 Å². The number of thioether (sulfide) groups is 1. The highest BCUT2D eigenvalue weighted by Crippen LogP contribution is 2.33. The Morgan fingerprint density at radius 1 is 1.28 bits per heavy atom. The first-order chi connectivity index (χ1) is 12.1. The lowest BCUT2D eigenvalue weighted by atomic mass is 10.2. The van der Waals surface area contributed by atoms with Gasteiger partial charge >= 0.3 is 0 Å². The molecule has 1 aromatic rings. The fourth-order valence-corrected chi connectivity index (χ4v) is 3.04. The van der Waals surface area contributed by atoms with Crippen molar-refractivity contribution in [3.8, 4) is 5.75 Å². The highest BCUT2D eigenvalue weighted by atomic mass is 32.2. The molecule has 1 aromatic carbocycles. The molecule has 1 aliphatic rings. The quantitative estimate of drug-likeness (QED) is 0.560. The average molecular weight is 364 g/mol. The number of para-hydroxylation sites is 1. The van der Waals surface area contributed by atoms with Gasteiger partial charge in [0.1, 0.15) is 12.3 Å². The summed E-state index contributed by atoms with van der Waals surface area (Å²) in [6.45, 7) is 0.671. The van der Waals surface area contributed by atoms with Crippen LogP contribution in [-0.4, -0.2) is 55.9 Å². The summed E-state index contributed by atoms with van der Waals surface area (Å²) in [5, 5.41) is 2.19. The van der Waals surface area contributed by atoms with E-state index in [2.05, 4.69) is 5.32 Å². The fourth-order valence-electron chi connectivity index (χ4n) is 2.21. The molecule has 1 fully saturated rings. The molecular formula is C17H20N2O5S. The van der Waals surface area contributed by atoms with Crippen molar-refractivity contribution in [3.05, 3.63) is 34.7 Å². The van der Waals surface area contributed by atoms with Gasteiger partial charge in [-0.25, -0.2) is 0 Å². The number of carbonyl (C=O) groups excluding carboxylic acids is 3.